The van der Waals surface area contributed by atoms with Crippen molar-refractivity contribution in [3.05, 3.63) is 24.3 Å². The second-order valence-electron chi connectivity index (χ2n) is 5.74. The first kappa shape index (κ1) is 13.0. The maximum atomic E-state index is 12.7. The molecule has 1 saturated heterocycles. The number of nitrogens with one attached hydrogen (secondary N) is 1. The molecule has 2 amide bonds. The van der Waals surface area contributed by atoms with E-state index in [1.807, 2.05) is 6.92 Å². The molecule has 1 aromatic heterocycles. The highest BCUT2D eigenvalue weighted by Gasteiger charge is 2.54. The summed E-state index contributed by atoms with van der Waals surface area (Å²) in [5, 5.41) is 2.90. The average molecular weight is 274 g/mol. The van der Waals surface area contributed by atoms with Gasteiger partial charge >= 0.3 is 0 Å². The van der Waals surface area contributed by atoms with Crippen LogP contribution in [0.1, 0.15) is 32.5 Å². The van der Waals surface area contributed by atoms with E-state index in [9.17, 15) is 9.59 Å². The zero-order chi connectivity index (χ0) is 14.3. The van der Waals surface area contributed by atoms with Crippen molar-refractivity contribution in [3.8, 4) is 0 Å². The molecule has 2 unspecified atom stereocenters. The Morgan fingerprint density at radius 3 is 2.60 bits per heavy atom. The number of carbonyl (C=O) groups excluding carboxylic acids is 2. The Balaban J connectivity index is 1.87. The number of carbonyl (C=O) groups is 2. The molecule has 6 heteroatoms. The van der Waals surface area contributed by atoms with Crippen molar-refractivity contribution in [2.24, 2.45) is 5.92 Å². The van der Waals surface area contributed by atoms with Crippen LogP contribution in [0.15, 0.2) is 18.5 Å². The van der Waals surface area contributed by atoms with Gasteiger partial charge in [0.2, 0.25) is 11.8 Å². The monoisotopic (exact) mass is 274 g/mol. The Hall–Kier alpha value is -1.98. The first-order chi connectivity index (χ1) is 9.52. The first-order valence-electron chi connectivity index (χ1n) is 6.91. The minimum atomic E-state index is -0.766. The van der Waals surface area contributed by atoms with Crippen LogP contribution in [0, 0.1) is 5.92 Å². The van der Waals surface area contributed by atoms with Gasteiger partial charge in [-0.3, -0.25) is 9.59 Å². The summed E-state index contributed by atoms with van der Waals surface area (Å²) < 4.78 is 0. The highest BCUT2D eigenvalue weighted by atomic mass is 16.2. The number of hydrogen-bond acceptors (Lipinski definition) is 4. The summed E-state index contributed by atoms with van der Waals surface area (Å²) in [5.41, 5.74) is -0.766. The molecule has 2 heterocycles. The summed E-state index contributed by atoms with van der Waals surface area (Å²) in [4.78, 5) is 34.8. The van der Waals surface area contributed by atoms with Gasteiger partial charge in [0.1, 0.15) is 17.4 Å². The predicted molar refractivity (Wildman–Crippen MR) is 71.3 cm³/mol. The molecule has 0 bridgehead atoms. The lowest BCUT2D eigenvalue weighted by molar-refractivity contribution is -0.155. The van der Waals surface area contributed by atoms with Gasteiger partial charge in [0.15, 0.2) is 0 Å². The van der Waals surface area contributed by atoms with Crippen molar-refractivity contribution in [1.82, 2.24) is 20.2 Å². The van der Waals surface area contributed by atoms with Gasteiger partial charge in [-0.05, 0) is 38.7 Å². The Kier molecular flexibility index (Phi) is 2.96. The van der Waals surface area contributed by atoms with Crippen LogP contribution in [0.3, 0.4) is 0 Å². The average Bonchev–Trinajstić information content (AvgIpc) is 3.27. The Labute approximate surface area is 117 Å². The van der Waals surface area contributed by atoms with E-state index >= 15 is 0 Å². The fourth-order valence-electron chi connectivity index (χ4n) is 2.74. The van der Waals surface area contributed by atoms with Crippen molar-refractivity contribution < 1.29 is 9.59 Å². The van der Waals surface area contributed by atoms with Crippen LogP contribution in [0.4, 0.5) is 0 Å². The van der Waals surface area contributed by atoms with Gasteiger partial charge in [-0.1, -0.05) is 0 Å². The van der Waals surface area contributed by atoms with E-state index in [1.54, 1.807) is 30.3 Å². The molecule has 0 aromatic carbocycles. The number of nitrogens with zero attached hydrogens (tertiary/aromatic N) is 3. The largest absolute Gasteiger partial charge is 0.340 e. The minimum Gasteiger partial charge on any atom is -0.340 e. The van der Waals surface area contributed by atoms with E-state index in [2.05, 4.69) is 15.3 Å². The Bertz CT molecular complexity index is 543. The molecule has 1 aliphatic carbocycles. The lowest BCUT2D eigenvalue weighted by atomic mass is 9.89. The fourth-order valence-corrected chi connectivity index (χ4v) is 2.74. The summed E-state index contributed by atoms with van der Waals surface area (Å²) in [6.07, 6.45) is 5.27. The molecule has 2 atom stereocenters. The topological polar surface area (TPSA) is 75.2 Å². The molecule has 1 aromatic rings. The van der Waals surface area contributed by atoms with E-state index in [0.29, 0.717) is 5.82 Å². The molecule has 20 heavy (non-hydrogen) atoms. The molecule has 1 aliphatic heterocycles. The highest BCUT2D eigenvalue weighted by Crippen LogP contribution is 2.42. The molecular formula is C14H18N4O2. The van der Waals surface area contributed by atoms with Crippen LogP contribution >= 0.6 is 0 Å². The van der Waals surface area contributed by atoms with Crippen molar-refractivity contribution in [1.29, 1.82) is 0 Å². The molecule has 6 nitrogen and oxygen atoms in total. The Morgan fingerprint density at radius 2 is 2.00 bits per heavy atom. The molecule has 1 N–H and O–H groups in total. The van der Waals surface area contributed by atoms with Gasteiger partial charge in [0.05, 0.1) is 6.54 Å². The third-order valence-corrected chi connectivity index (χ3v) is 4.26. The molecule has 2 aliphatic rings. The van der Waals surface area contributed by atoms with Crippen molar-refractivity contribution in [3.63, 3.8) is 0 Å². The van der Waals surface area contributed by atoms with E-state index in [-0.39, 0.29) is 24.3 Å². The third kappa shape index (κ3) is 2.05. The number of amides is 2. The number of hydrogen-bond donors (Lipinski definition) is 1. The van der Waals surface area contributed by atoms with Crippen LogP contribution in [-0.4, -0.2) is 38.3 Å². The van der Waals surface area contributed by atoms with Crippen LogP contribution < -0.4 is 5.32 Å². The fraction of sp³-hybridized carbons (Fsp3) is 0.571. The normalized spacial score (nSPS) is 30.3. The van der Waals surface area contributed by atoms with E-state index in [1.165, 1.54) is 0 Å². The Morgan fingerprint density at radius 1 is 1.35 bits per heavy atom. The van der Waals surface area contributed by atoms with Gasteiger partial charge in [0, 0.05) is 12.4 Å². The summed E-state index contributed by atoms with van der Waals surface area (Å²) in [6, 6.07) is 1.24. The second-order valence-corrected chi connectivity index (χ2v) is 5.74. The summed E-state index contributed by atoms with van der Waals surface area (Å²) in [5.74, 6) is 0.681. The van der Waals surface area contributed by atoms with Crippen molar-refractivity contribution >= 4 is 11.8 Å². The lowest BCUT2D eigenvalue weighted by Gasteiger charge is -2.43. The summed E-state index contributed by atoms with van der Waals surface area (Å²) >= 11 is 0. The van der Waals surface area contributed by atoms with Crippen LogP contribution in [0.25, 0.3) is 0 Å². The number of rotatable bonds is 3. The van der Waals surface area contributed by atoms with Crippen molar-refractivity contribution in [2.45, 2.75) is 44.8 Å². The zero-order valence-electron chi connectivity index (χ0n) is 11.7. The summed E-state index contributed by atoms with van der Waals surface area (Å²) in [6.45, 7) is 3.84. The highest BCUT2D eigenvalue weighted by molar-refractivity contribution is 5.99. The molecule has 106 valence electrons. The molecular weight excluding hydrogens is 256 g/mol. The van der Waals surface area contributed by atoms with Crippen molar-refractivity contribution in [2.75, 3.05) is 0 Å². The van der Waals surface area contributed by atoms with E-state index in [0.717, 1.165) is 12.8 Å². The van der Waals surface area contributed by atoms with E-state index in [4.69, 9.17) is 0 Å². The molecule has 3 rings (SSSR count). The van der Waals surface area contributed by atoms with Gasteiger partial charge < -0.3 is 10.2 Å². The molecule has 0 radical (unpaired) electrons. The van der Waals surface area contributed by atoms with Gasteiger partial charge in [-0.25, -0.2) is 9.97 Å². The van der Waals surface area contributed by atoms with Crippen LogP contribution in [-0.2, 0) is 16.1 Å². The zero-order valence-corrected chi connectivity index (χ0v) is 11.7. The molecule has 1 saturated carbocycles. The van der Waals surface area contributed by atoms with Gasteiger partial charge in [0.25, 0.3) is 0 Å². The lowest BCUT2D eigenvalue weighted by Crippen LogP contribution is -2.69. The maximum absolute atomic E-state index is 12.7. The SMILES string of the molecule is CC1C(=O)NC(C)(C2CC2)C(=O)N1Cc1ncccn1. The second kappa shape index (κ2) is 4.54. The molecule has 0 spiro atoms. The van der Waals surface area contributed by atoms with Gasteiger partial charge in [-0.2, -0.15) is 0 Å². The number of aromatic nitrogens is 2. The van der Waals surface area contributed by atoms with E-state index < -0.39 is 11.6 Å². The van der Waals surface area contributed by atoms with Crippen LogP contribution in [0.5, 0.6) is 0 Å². The first-order valence-corrected chi connectivity index (χ1v) is 6.91. The third-order valence-electron chi connectivity index (χ3n) is 4.26. The van der Waals surface area contributed by atoms with Gasteiger partial charge in [-0.15, -0.1) is 0 Å². The number of piperazine rings is 1. The minimum absolute atomic E-state index is 0.0282. The maximum Gasteiger partial charge on any atom is 0.249 e. The summed E-state index contributed by atoms with van der Waals surface area (Å²) in [7, 11) is 0. The quantitative estimate of drug-likeness (QED) is 0.870. The smallest absolute Gasteiger partial charge is 0.249 e. The standard InChI is InChI=1S/C14H18N4O2/c1-9-12(19)17-14(2,10-4-5-10)13(20)18(9)8-11-15-6-3-7-16-11/h3,6-7,9-10H,4-5,8H2,1-2H3,(H,17,19). The van der Waals surface area contributed by atoms with Crippen LogP contribution in [0.2, 0.25) is 0 Å². The molecule has 2 fully saturated rings. The predicted octanol–water partition coefficient (Wildman–Crippen LogP) is 0.492.